The first-order valence-electron chi connectivity index (χ1n) is 16.1. The Morgan fingerprint density at radius 1 is 0.886 bits per heavy atom. The maximum absolute atomic E-state index is 14.1. The Labute approximate surface area is 264 Å². The molecule has 3 aliphatic rings. The van der Waals surface area contributed by atoms with Crippen LogP contribution in [-0.2, 0) is 0 Å². The van der Waals surface area contributed by atoms with Crippen molar-refractivity contribution in [2.75, 3.05) is 18.9 Å². The number of unbranched alkanes of at least 4 members (excludes halogenated alkanes) is 1. The quantitative estimate of drug-likeness (QED) is 0.346. The number of rotatable bonds is 5. The molecule has 0 fully saturated rings. The highest BCUT2D eigenvalue weighted by atomic mass is 28.3. The van der Waals surface area contributed by atoms with E-state index in [2.05, 4.69) is 115 Å². The van der Waals surface area contributed by atoms with E-state index in [0.717, 1.165) is 41.4 Å². The van der Waals surface area contributed by atoms with Gasteiger partial charge in [-0.15, -0.1) is 0 Å². The molecule has 0 aromatic heterocycles. The van der Waals surface area contributed by atoms with Crippen LogP contribution in [0.15, 0.2) is 65.7 Å². The highest BCUT2D eigenvalue weighted by Gasteiger charge is 2.38. The van der Waals surface area contributed by atoms with Crippen LogP contribution in [0.3, 0.4) is 0 Å². The second kappa shape index (κ2) is 10.4. The molecule has 0 saturated carbocycles. The molecule has 1 amide bonds. The van der Waals surface area contributed by atoms with E-state index in [1.807, 2.05) is 24.1 Å². The lowest BCUT2D eigenvalue weighted by Crippen LogP contribution is -2.64. The van der Waals surface area contributed by atoms with E-state index in [1.165, 1.54) is 49.1 Å². The van der Waals surface area contributed by atoms with Gasteiger partial charge in [0.1, 0.15) is 8.07 Å². The number of fused-ring (bicyclic) bond motifs is 4. The monoisotopic (exact) mass is 601 g/mol. The number of hydrogen-bond donors (Lipinski definition) is 1. The van der Waals surface area contributed by atoms with Crippen molar-refractivity contribution in [1.82, 2.24) is 4.90 Å². The summed E-state index contributed by atoms with van der Waals surface area (Å²) in [4.78, 5) is 21.2. The van der Waals surface area contributed by atoms with Gasteiger partial charge in [0, 0.05) is 36.0 Å². The van der Waals surface area contributed by atoms with Crippen molar-refractivity contribution >= 4 is 46.8 Å². The Morgan fingerprint density at radius 3 is 2.32 bits per heavy atom. The van der Waals surface area contributed by atoms with Crippen LogP contribution >= 0.6 is 0 Å². The molecule has 6 rings (SSSR count). The Hall–Kier alpha value is -3.70. The predicted molar refractivity (Wildman–Crippen MR) is 189 cm³/mol. The third kappa shape index (κ3) is 4.99. The number of carbonyl (C=O) groups is 1. The van der Waals surface area contributed by atoms with Crippen molar-refractivity contribution in [3.05, 3.63) is 99.1 Å². The summed E-state index contributed by atoms with van der Waals surface area (Å²) in [6.07, 6.45) is 6.65. The first-order valence-corrected chi connectivity index (χ1v) is 19.1. The molecule has 0 bridgehead atoms. The van der Waals surface area contributed by atoms with Gasteiger partial charge in [-0.3, -0.25) is 9.79 Å². The molecule has 0 spiro atoms. The second-order valence-corrected chi connectivity index (χ2v) is 19.1. The normalized spacial score (nSPS) is 18.4. The van der Waals surface area contributed by atoms with E-state index in [9.17, 15) is 4.79 Å². The van der Waals surface area contributed by atoms with Crippen molar-refractivity contribution in [2.24, 2.45) is 4.99 Å². The molecule has 0 aliphatic carbocycles. The number of anilines is 1. The fourth-order valence-electron chi connectivity index (χ4n) is 7.60. The zero-order chi connectivity index (χ0) is 31.8. The van der Waals surface area contributed by atoms with Gasteiger partial charge >= 0.3 is 0 Å². The van der Waals surface area contributed by atoms with Gasteiger partial charge in [0.2, 0.25) is 0 Å². The highest BCUT2D eigenvalue weighted by Crippen LogP contribution is 2.38. The summed E-state index contributed by atoms with van der Waals surface area (Å²) >= 11 is 0. The maximum Gasteiger partial charge on any atom is 0.254 e. The molecule has 228 valence electrons. The lowest BCUT2D eigenvalue weighted by atomic mass is 9.85. The van der Waals surface area contributed by atoms with Gasteiger partial charge in [-0.05, 0) is 122 Å². The van der Waals surface area contributed by atoms with Gasteiger partial charge in [-0.25, -0.2) is 0 Å². The largest absolute Gasteiger partial charge is 0.376 e. The molecule has 3 aliphatic heterocycles. The van der Waals surface area contributed by atoms with Crippen molar-refractivity contribution < 1.29 is 4.79 Å². The number of carbonyl (C=O) groups excluding carboxylic acids is 1. The smallest absolute Gasteiger partial charge is 0.254 e. The van der Waals surface area contributed by atoms with Crippen LogP contribution in [0.5, 0.6) is 0 Å². The van der Waals surface area contributed by atoms with Crippen molar-refractivity contribution in [2.45, 2.75) is 85.5 Å². The van der Waals surface area contributed by atoms with Gasteiger partial charge in [0.15, 0.2) is 0 Å². The van der Waals surface area contributed by atoms with Crippen LogP contribution in [-0.4, -0.2) is 43.6 Å². The summed E-state index contributed by atoms with van der Waals surface area (Å²) in [5, 5.41) is 8.93. The molecule has 4 nitrogen and oxygen atoms in total. The average Bonchev–Trinajstić information content (AvgIpc) is 2.94. The molecule has 0 atom stereocenters. The van der Waals surface area contributed by atoms with Gasteiger partial charge in [0.05, 0.1) is 16.4 Å². The topological polar surface area (TPSA) is 44.7 Å². The number of hydrogen-bond acceptors (Lipinski definition) is 3. The minimum atomic E-state index is -2.20. The molecule has 3 aromatic rings. The highest BCUT2D eigenvalue weighted by molar-refractivity contribution is 7.01. The van der Waals surface area contributed by atoms with Gasteiger partial charge in [-0.2, -0.15) is 0 Å². The van der Waals surface area contributed by atoms with Crippen LogP contribution in [0.4, 0.5) is 5.69 Å². The van der Waals surface area contributed by atoms with Gasteiger partial charge < -0.3 is 10.2 Å². The second-order valence-electron chi connectivity index (χ2n) is 14.8. The summed E-state index contributed by atoms with van der Waals surface area (Å²) in [6.45, 7) is 21.1. The first kappa shape index (κ1) is 30.3. The standard InChI is InChI=1S/C39H47N3OSi/c1-11-12-17-42(8)37(43)27-16-14-13-15-26(27)36-30-18-28-24(2)22-38(4,5)40-32(28)20-34(30)44(9,10)35-21-33-29(19-31(35)36)25(3)23-39(6,7)41-33/h13-16,18-23,40H,11-12,17H2,1-10H3. The molecule has 3 aromatic carbocycles. The Balaban J connectivity index is 1.74. The Kier molecular flexibility index (Phi) is 7.20. The number of nitrogens with one attached hydrogen (secondary N) is 1. The average molecular weight is 602 g/mol. The molecule has 5 heteroatoms. The van der Waals surface area contributed by atoms with Crippen LogP contribution in [0, 0.1) is 0 Å². The molecular weight excluding hydrogens is 555 g/mol. The van der Waals surface area contributed by atoms with E-state index >= 15 is 0 Å². The van der Waals surface area contributed by atoms with Gasteiger partial charge in [-0.1, -0.05) is 56.8 Å². The fourth-order valence-corrected chi connectivity index (χ4v) is 10.6. The van der Waals surface area contributed by atoms with E-state index in [-0.39, 0.29) is 17.0 Å². The Morgan fingerprint density at radius 2 is 1.59 bits per heavy atom. The number of nitrogens with zero attached hydrogens (tertiary/aromatic N) is 2. The lowest BCUT2D eigenvalue weighted by molar-refractivity contribution is 0.0793. The van der Waals surface area contributed by atoms with Crippen molar-refractivity contribution in [3.8, 4) is 0 Å². The fraction of sp³-hybridized carbons (Fsp3) is 0.385. The third-order valence-electron chi connectivity index (χ3n) is 9.66. The predicted octanol–water partition coefficient (Wildman–Crippen LogP) is 6.36. The van der Waals surface area contributed by atoms with Crippen LogP contribution < -0.4 is 26.3 Å². The zero-order valence-corrected chi connectivity index (χ0v) is 29.2. The van der Waals surface area contributed by atoms with Gasteiger partial charge in [0.25, 0.3) is 5.91 Å². The number of benzene rings is 3. The van der Waals surface area contributed by atoms with Crippen LogP contribution in [0.25, 0.3) is 16.7 Å². The first-order chi connectivity index (χ1) is 20.6. The molecule has 0 unspecified atom stereocenters. The summed E-state index contributed by atoms with van der Waals surface area (Å²) < 4.78 is 0. The molecular formula is C39H47N3OSi. The van der Waals surface area contributed by atoms with E-state index in [1.54, 1.807) is 0 Å². The van der Waals surface area contributed by atoms with Crippen LogP contribution in [0.1, 0.15) is 93.9 Å². The summed E-state index contributed by atoms with van der Waals surface area (Å²) in [6, 6.07) is 17.9. The summed E-state index contributed by atoms with van der Waals surface area (Å²) in [5.41, 5.74) is 10.00. The summed E-state index contributed by atoms with van der Waals surface area (Å²) in [5.74, 6) is 0.0787. The van der Waals surface area contributed by atoms with Crippen molar-refractivity contribution in [1.29, 1.82) is 0 Å². The molecule has 0 saturated heterocycles. The number of amides is 1. The Bertz CT molecular complexity index is 1910. The molecule has 0 radical (unpaired) electrons. The SMILES string of the molecule is CCCCN(C)C(=O)c1ccccc1C1=c2cc3c(cc2[Si](C)(C)c2cc4c(cc21)C(C)=CC(C)(C)N4)=NC(C)(C)C=C3C. The maximum atomic E-state index is 14.1. The minimum Gasteiger partial charge on any atom is -0.376 e. The summed E-state index contributed by atoms with van der Waals surface area (Å²) in [7, 11) is -0.266. The minimum absolute atomic E-state index is 0.0787. The van der Waals surface area contributed by atoms with E-state index in [0.29, 0.717) is 0 Å². The molecule has 1 N–H and O–H groups in total. The van der Waals surface area contributed by atoms with Crippen molar-refractivity contribution in [3.63, 3.8) is 0 Å². The van der Waals surface area contributed by atoms with E-state index < -0.39 is 8.07 Å². The van der Waals surface area contributed by atoms with Crippen LogP contribution in [0.2, 0.25) is 13.1 Å². The zero-order valence-electron chi connectivity index (χ0n) is 28.2. The lowest BCUT2D eigenvalue weighted by Gasteiger charge is -2.38. The molecule has 3 heterocycles. The third-order valence-corrected chi connectivity index (χ3v) is 13.2. The molecule has 44 heavy (non-hydrogen) atoms. The number of allylic oxidation sites excluding steroid dienone is 2. The van der Waals surface area contributed by atoms with E-state index in [4.69, 9.17) is 4.99 Å².